The molecule has 0 aromatic heterocycles. The molecule has 2 rings (SSSR count). The molecule has 0 heterocycles. The summed E-state index contributed by atoms with van der Waals surface area (Å²) in [4.78, 5) is 22.0. The minimum Gasteiger partial charge on any atom is -0.308 e. The standard InChI is InChI=1S/C14H8Cl2N4O3/c15-11-3-1-9(5-8(11)7-17)18-14(21)19-10-2-4-12(16)13(6-10)20(22)23/h1-6H,(H2,18,19,21). The minimum absolute atomic E-state index is 0.0303. The predicted molar refractivity (Wildman–Crippen MR) is 86.9 cm³/mol. The molecule has 0 unspecified atom stereocenters. The maximum Gasteiger partial charge on any atom is 0.323 e. The molecule has 2 amide bonds. The van der Waals surface area contributed by atoms with Gasteiger partial charge in [0.25, 0.3) is 5.69 Å². The molecular formula is C14H8Cl2N4O3. The summed E-state index contributed by atoms with van der Waals surface area (Å²) in [6, 6.07) is 9.55. The van der Waals surface area contributed by atoms with Gasteiger partial charge in [0.15, 0.2) is 0 Å². The predicted octanol–water partition coefficient (Wildman–Crippen LogP) is 4.42. The fraction of sp³-hybridized carbons (Fsp3) is 0. The van der Waals surface area contributed by atoms with E-state index >= 15 is 0 Å². The van der Waals surface area contributed by atoms with Crippen LogP contribution in [-0.4, -0.2) is 11.0 Å². The topological polar surface area (TPSA) is 108 Å². The fourth-order valence-corrected chi connectivity index (χ4v) is 2.06. The highest BCUT2D eigenvalue weighted by molar-refractivity contribution is 6.32. The highest BCUT2D eigenvalue weighted by Gasteiger charge is 2.14. The lowest BCUT2D eigenvalue weighted by Gasteiger charge is -2.08. The summed E-state index contributed by atoms with van der Waals surface area (Å²) in [5.74, 6) is 0. The summed E-state index contributed by atoms with van der Waals surface area (Å²) in [5.41, 5.74) is 0.453. The largest absolute Gasteiger partial charge is 0.323 e. The Balaban J connectivity index is 2.13. The zero-order chi connectivity index (χ0) is 17.0. The van der Waals surface area contributed by atoms with Gasteiger partial charge in [-0.1, -0.05) is 23.2 Å². The zero-order valence-electron chi connectivity index (χ0n) is 11.3. The van der Waals surface area contributed by atoms with E-state index in [2.05, 4.69) is 10.6 Å². The lowest BCUT2D eigenvalue weighted by Crippen LogP contribution is -2.19. The van der Waals surface area contributed by atoms with Gasteiger partial charge < -0.3 is 10.6 Å². The van der Waals surface area contributed by atoms with Crippen molar-refractivity contribution in [3.63, 3.8) is 0 Å². The summed E-state index contributed by atoms with van der Waals surface area (Å²) in [7, 11) is 0. The number of nitriles is 1. The molecule has 2 aromatic carbocycles. The first kappa shape index (κ1) is 16.5. The van der Waals surface area contributed by atoms with E-state index in [-0.39, 0.29) is 27.0 Å². The third-order valence-corrected chi connectivity index (χ3v) is 3.39. The second-order valence-corrected chi connectivity index (χ2v) is 5.12. The lowest BCUT2D eigenvalue weighted by atomic mass is 10.2. The van der Waals surface area contributed by atoms with Gasteiger partial charge in [-0.3, -0.25) is 10.1 Å². The molecule has 2 aromatic rings. The molecular weight excluding hydrogens is 343 g/mol. The van der Waals surface area contributed by atoms with Crippen molar-refractivity contribution in [3.8, 4) is 6.07 Å². The summed E-state index contributed by atoms with van der Waals surface area (Å²) >= 11 is 11.5. The zero-order valence-corrected chi connectivity index (χ0v) is 12.9. The molecule has 0 saturated heterocycles. The van der Waals surface area contributed by atoms with Gasteiger partial charge in [-0.2, -0.15) is 5.26 Å². The van der Waals surface area contributed by atoms with Crippen LogP contribution in [0, 0.1) is 21.4 Å². The van der Waals surface area contributed by atoms with Crippen molar-refractivity contribution in [1.29, 1.82) is 5.26 Å². The highest BCUT2D eigenvalue weighted by atomic mass is 35.5. The van der Waals surface area contributed by atoms with Crippen LogP contribution in [0.5, 0.6) is 0 Å². The molecule has 0 aliphatic carbocycles. The third-order valence-electron chi connectivity index (χ3n) is 2.75. The van der Waals surface area contributed by atoms with E-state index in [1.165, 1.54) is 30.3 Å². The van der Waals surface area contributed by atoms with Gasteiger partial charge in [0.1, 0.15) is 11.1 Å². The summed E-state index contributed by atoms with van der Waals surface area (Å²) in [6.07, 6.45) is 0. The molecule has 116 valence electrons. The van der Waals surface area contributed by atoms with Gasteiger partial charge >= 0.3 is 6.03 Å². The Morgan fingerprint density at radius 2 is 1.65 bits per heavy atom. The number of nitro groups is 1. The molecule has 0 fully saturated rings. The third kappa shape index (κ3) is 4.10. The van der Waals surface area contributed by atoms with Gasteiger partial charge in [0, 0.05) is 17.4 Å². The highest BCUT2D eigenvalue weighted by Crippen LogP contribution is 2.27. The monoisotopic (exact) mass is 350 g/mol. The Kier molecular flexibility index (Phi) is 5.01. The second kappa shape index (κ2) is 6.96. The first-order chi connectivity index (χ1) is 10.9. The van der Waals surface area contributed by atoms with Crippen LogP contribution in [-0.2, 0) is 0 Å². The van der Waals surface area contributed by atoms with E-state index in [0.717, 1.165) is 6.07 Å². The number of anilines is 2. The molecule has 0 aliphatic rings. The van der Waals surface area contributed by atoms with Crippen LogP contribution < -0.4 is 10.6 Å². The van der Waals surface area contributed by atoms with E-state index in [4.69, 9.17) is 28.5 Å². The van der Waals surface area contributed by atoms with Crippen LogP contribution in [0.4, 0.5) is 21.9 Å². The molecule has 0 atom stereocenters. The summed E-state index contributed by atoms with van der Waals surface area (Å²) in [5, 5.41) is 24.9. The van der Waals surface area contributed by atoms with Crippen molar-refractivity contribution >= 4 is 46.3 Å². The maximum atomic E-state index is 11.9. The van der Waals surface area contributed by atoms with Crippen LogP contribution >= 0.6 is 23.2 Å². The number of benzene rings is 2. The SMILES string of the molecule is N#Cc1cc(NC(=O)Nc2ccc(Cl)c([N+](=O)[O-])c2)ccc1Cl. The maximum absolute atomic E-state index is 11.9. The normalized spacial score (nSPS) is 9.78. The Hall–Kier alpha value is -2.82. The first-order valence-corrected chi connectivity index (χ1v) is 6.88. The molecule has 0 saturated carbocycles. The van der Waals surface area contributed by atoms with Gasteiger partial charge in [-0.15, -0.1) is 0 Å². The van der Waals surface area contributed by atoms with E-state index < -0.39 is 11.0 Å². The number of nitro benzene ring substituents is 1. The Labute approximate surface area is 140 Å². The van der Waals surface area contributed by atoms with Crippen LogP contribution in [0.2, 0.25) is 10.0 Å². The molecule has 0 spiro atoms. The number of hydrogen-bond acceptors (Lipinski definition) is 4. The minimum atomic E-state index is -0.649. The Bertz CT molecular complexity index is 833. The molecule has 0 aliphatic heterocycles. The number of amides is 2. The molecule has 2 N–H and O–H groups in total. The molecule has 0 radical (unpaired) electrons. The van der Waals surface area contributed by atoms with Gasteiger partial charge in [-0.05, 0) is 30.3 Å². The number of carbonyl (C=O) groups is 1. The molecule has 9 heteroatoms. The number of halogens is 2. The number of nitrogens with zero attached hydrogens (tertiary/aromatic N) is 2. The lowest BCUT2D eigenvalue weighted by molar-refractivity contribution is -0.384. The van der Waals surface area contributed by atoms with Crippen molar-refractivity contribution in [3.05, 3.63) is 62.1 Å². The van der Waals surface area contributed by atoms with Gasteiger partial charge in [0.05, 0.1) is 15.5 Å². The van der Waals surface area contributed by atoms with Gasteiger partial charge in [0.2, 0.25) is 0 Å². The van der Waals surface area contributed by atoms with Crippen molar-refractivity contribution < 1.29 is 9.72 Å². The van der Waals surface area contributed by atoms with Crippen molar-refractivity contribution in [2.45, 2.75) is 0 Å². The first-order valence-electron chi connectivity index (χ1n) is 6.12. The second-order valence-electron chi connectivity index (χ2n) is 4.31. The molecule has 0 bridgehead atoms. The molecule has 23 heavy (non-hydrogen) atoms. The number of carbonyl (C=O) groups excluding carboxylic acids is 1. The smallest absolute Gasteiger partial charge is 0.308 e. The van der Waals surface area contributed by atoms with E-state index in [0.29, 0.717) is 5.69 Å². The van der Waals surface area contributed by atoms with Crippen molar-refractivity contribution in [2.24, 2.45) is 0 Å². The number of urea groups is 1. The Morgan fingerprint density at radius 1 is 1.09 bits per heavy atom. The average Bonchev–Trinajstić information content (AvgIpc) is 2.50. The molecule has 7 nitrogen and oxygen atoms in total. The number of rotatable bonds is 3. The van der Waals surface area contributed by atoms with Crippen LogP contribution in [0.15, 0.2) is 36.4 Å². The summed E-state index contributed by atoms with van der Waals surface area (Å²) in [6.45, 7) is 0. The van der Waals surface area contributed by atoms with E-state index in [1.807, 2.05) is 6.07 Å². The quantitative estimate of drug-likeness (QED) is 0.630. The number of nitrogens with one attached hydrogen (secondary N) is 2. The van der Waals surface area contributed by atoms with E-state index in [1.54, 1.807) is 0 Å². The average molecular weight is 351 g/mol. The van der Waals surface area contributed by atoms with Gasteiger partial charge in [-0.25, -0.2) is 4.79 Å². The fourth-order valence-electron chi connectivity index (χ4n) is 1.71. The van der Waals surface area contributed by atoms with Crippen LogP contribution in [0.1, 0.15) is 5.56 Å². The van der Waals surface area contributed by atoms with Crippen LogP contribution in [0.3, 0.4) is 0 Å². The Morgan fingerprint density at radius 3 is 2.22 bits per heavy atom. The van der Waals surface area contributed by atoms with Crippen LogP contribution in [0.25, 0.3) is 0 Å². The van der Waals surface area contributed by atoms with Crippen molar-refractivity contribution in [1.82, 2.24) is 0 Å². The number of hydrogen-bond donors (Lipinski definition) is 2. The summed E-state index contributed by atoms with van der Waals surface area (Å²) < 4.78 is 0. The van der Waals surface area contributed by atoms with E-state index in [9.17, 15) is 14.9 Å². The van der Waals surface area contributed by atoms with Crippen molar-refractivity contribution in [2.75, 3.05) is 10.6 Å².